The van der Waals surface area contributed by atoms with Gasteiger partial charge < -0.3 is 11.1 Å². The highest BCUT2D eigenvalue weighted by atomic mass is 35.5. The van der Waals surface area contributed by atoms with E-state index in [1.165, 1.54) is 0 Å². The fourth-order valence-corrected chi connectivity index (χ4v) is 2.22. The van der Waals surface area contributed by atoms with Gasteiger partial charge in [-0.1, -0.05) is 29.8 Å². The second kappa shape index (κ2) is 6.89. The number of halogens is 1. The lowest BCUT2D eigenvalue weighted by molar-refractivity contribution is 0.102. The van der Waals surface area contributed by atoms with Crippen LogP contribution in [-0.2, 0) is 6.42 Å². The van der Waals surface area contributed by atoms with Gasteiger partial charge in [-0.25, -0.2) is 0 Å². The van der Waals surface area contributed by atoms with Crippen molar-refractivity contribution in [3.05, 3.63) is 64.2 Å². The molecular weight excluding hydrogens is 286 g/mol. The molecule has 0 unspecified atom stereocenters. The lowest BCUT2D eigenvalue weighted by Gasteiger charge is -2.10. The second-order valence-corrected chi connectivity index (χ2v) is 4.86. The molecule has 3 N–H and O–H groups in total. The molecule has 0 atom stereocenters. The first kappa shape index (κ1) is 15.0. The van der Waals surface area contributed by atoms with Gasteiger partial charge in [-0.05, 0) is 42.8 Å². The van der Waals surface area contributed by atoms with Gasteiger partial charge in [0, 0.05) is 11.3 Å². The Hall–Kier alpha value is -2.35. The van der Waals surface area contributed by atoms with E-state index < -0.39 is 0 Å². The molecule has 0 bridgehead atoms. The number of anilines is 1. The quantitative estimate of drug-likeness (QED) is 0.911. The molecule has 0 aliphatic rings. The molecule has 0 aromatic heterocycles. The van der Waals surface area contributed by atoms with Crippen LogP contribution in [-0.4, -0.2) is 12.5 Å². The Labute approximate surface area is 128 Å². The topological polar surface area (TPSA) is 78.9 Å². The Morgan fingerprint density at radius 2 is 2.05 bits per heavy atom. The number of hydrogen-bond acceptors (Lipinski definition) is 3. The number of nitriles is 1. The minimum atomic E-state index is -0.222. The van der Waals surface area contributed by atoms with Gasteiger partial charge in [0.25, 0.3) is 5.91 Å². The van der Waals surface area contributed by atoms with E-state index in [-0.39, 0.29) is 5.91 Å². The van der Waals surface area contributed by atoms with Crippen LogP contribution in [0.5, 0.6) is 0 Å². The van der Waals surface area contributed by atoms with Crippen molar-refractivity contribution in [2.24, 2.45) is 5.73 Å². The Morgan fingerprint density at radius 3 is 2.71 bits per heavy atom. The van der Waals surface area contributed by atoms with Crippen molar-refractivity contribution in [1.82, 2.24) is 0 Å². The van der Waals surface area contributed by atoms with Gasteiger partial charge in [-0.15, -0.1) is 0 Å². The molecule has 106 valence electrons. The third-order valence-electron chi connectivity index (χ3n) is 3.02. The zero-order valence-corrected chi connectivity index (χ0v) is 12.0. The number of benzene rings is 2. The fourth-order valence-electron chi connectivity index (χ4n) is 2.00. The van der Waals surface area contributed by atoms with Crippen molar-refractivity contribution < 1.29 is 4.79 Å². The zero-order valence-electron chi connectivity index (χ0n) is 11.3. The Morgan fingerprint density at radius 1 is 1.29 bits per heavy atom. The summed E-state index contributed by atoms with van der Waals surface area (Å²) in [6.07, 6.45) is 0.637. The van der Waals surface area contributed by atoms with Crippen molar-refractivity contribution in [2.45, 2.75) is 6.42 Å². The number of nitrogens with one attached hydrogen (secondary N) is 1. The number of amides is 1. The lowest BCUT2D eigenvalue weighted by Crippen LogP contribution is -2.15. The molecule has 4 nitrogen and oxygen atoms in total. The van der Waals surface area contributed by atoms with Crippen LogP contribution in [0.25, 0.3) is 0 Å². The summed E-state index contributed by atoms with van der Waals surface area (Å²) in [4.78, 5) is 12.3. The summed E-state index contributed by atoms with van der Waals surface area (Å²) in [7, 11) is 0. The maximum atomic E-state index is 12.3. The normalized spacial score (nSPS) is 9.95. The predicted octanol–water partition coefficient (Wildman–Crippen LogP) is 2.97. The standard InChI is InChI=1S/C16H14ClN3O/c17-15-9-13(6-5-12(15)10-19)20-16(21)14-4-2-1-3-11(14)7-8-18/h1-6,9H,7-8,18H2,(H,20,21). The first-order valence-electron chi connectivity index (χ1n) is 6.44. The van der Waals surface area contributed by atoms with Gasteiger partial charge in [0.15, 0.2) is 0 Å². The van der Waals surface area contributed by atoms with Crippen LogP contribution in [0, 0.1) is 11.3 Å². The van der Waals surface area contributed by atoms with Crippen molar-refractivity contribution in [1.29, 1.82) is 5.26 Å². The summed E-state index contributed by atoms with van der Waals surface area (Å²) < 4.78 is 0. The number of carbonyl (C=O) groups excluding carboxylic acids is 1. The van der Waals surface area contributed by atoms with Gasteiger partial charge in [0.05, 0.1) is 10.6 Å². The average Bonchev–Trinajstić information content (AvgIpc) is 2.48. The summed E-state index contributed by atoms with van der Waals surface area (Å²) in [5.74, 6) is -0.222. The van der Waals surface area contributed by atoms with Gasteiger partial charge in [-0.2, -0.15) is 5.26 Å². The summed E-state index contributed by atoms with van der Waals surface area (Å²) in [5, 5.41) is 11.9. The second-order valence-electron chi connectivity index (χ2n) is 4.46. The molecule has 0 saturated carbocycles. The first-order valence-corrected chi connectivity index (χ1v) is 6.82. The summed E-state index contributed by atoms with van der Waals surface area (Å²) in [5.41, 5.74) is 7.96. The SMILES string of the molecule is N#Cc1ccc(NC(=O)c2ccccc2CCN)cc1Cl. The van der Waals surface area contributed by atoms with Crippen LogP contribution in [0.2, 0.25) is 5.02 Å². The highest BCUT2D eigenvalue weighted by molar-refractivity contribution is 6.32. The molecule has 5 heteroatoms. The molecule has 21 heavy (non-hydrogen) atoms. The first-order chi connectivity index (χ1) is 10.2. The molecule has 2 aromatic carbocycles. The Bertz CT molecular complexity index is 707. The van der Waals surface area contributed by atoms with E-state index in [0.717, 1.165) is 5.56 Å². The molecule has 0 heterocycles. The molecule has 0 aliphatic heterocycles. The van der Waals surface area contributed by atoms with Crippen LogP contribution in [0.4, 0.5) is 5.69 Å². The largest absolute Gasteiger partial charge is 0.330 e. The van der Waals surface area contributed by atoms with Gasteiger partial charge in [-0.3, -0.25) is 4.79 Å². The number of carbonyl (C=O) groups is 1. The maximum Gasteiger partial charge on any atom is 0.255 e. The van der Waals surface area contributed by atoms with Crippen molar-refractivity contribution in [3.63, 3.8) is 0 Å². The van der Waals surface area contributed by atoms with Crippen molar-refractivity contribution >= 4 is 23.2 Å². The molecule has 0 aliphatic carbocycles. The smallest absolute Gasteiger partial charge is 0.255 e. The molecule has 0 spiro atoms. The Kier molecular flexibility index (Phi) is 4.94. The number of rotatable bonds is 4. The van der Waals surface area contributed by atoms with Crippen LogP contribution < -0.4 is 11.1 Å². The maximum absolute atomic E-state index is 12.3. The summed E-state index contributed by atoms with van der Waals surface area (Å²) in [6, 6.07) is 14.1. The summed E-state index contributed by atoms with van der Waals surface area (Å²) in [6.45, 7) is 0.479. The summed E-state index contributed by atoms with van der Waals surface area (Å²) >= 11 is 5.95. The molecule has 1 amide bonds. The number of nitrogens with two attached hydrogens (primary N) is 1. The monoisotopic (exact) mass is 299 g/mol. The van der Waals surface area contributed by atoms with Crippen molar-refractivity contribution in [3.8, 4) is 6.07 Å². The Balaban J connectivity index is 2.22. The molecule has 0 saturated heterocycles. The van der Waals surface area contributed by atoms with E-state index in [0.29, 0.717) is 34.8 Å². The molecule has 2 aromatic rings. The van der Waals surface area contributed by atoms with Crippen LogP contribution in [0.15, 0.2) is 42.5 Å². The van der Waals surface area contributed by atoms with Crippen LogP contribution in [0.3, 0.4) is 0 Å². The van der Waals surface area contributed by atoms with E-state index in [1.54, 1.807) is 30.3 Å². The number of nitrogens with zero attached hydrogens (tertiary/aromatic N) is 1. The van der Waals surface area contributed by atoms with Gasteiger partial charge in [0.2, 0.25) is 0 Å². The van der Waals surface area contributed by atoms with E-state index in [4.69, 9.17) is 22.6 Å². The average molecular weight is 300 g/mol. The fraction of sp³-hybridized carbons (Fsp3) is 0.125. The van der Waals surface area contributed by atoms with Gasteiger partial charge in [0.1, 0.15) is 6.07 Å². The molecular formula is C16H14ClN3O. The van der Waals surface area contributed by atoms with E-state index in [2.05, 4.69) is 5.32 Å². The molecule has 0 fully saturated rings. The predicted molar refractivity (Wildman–Crippen MR) is 83.3 cm³/mol. The highest BCUT2D eigenvalue weighted by Crippen LogP contribution is 2.21. The van der Waals surface area contributed by atoms with E-state index in [9.17, 15) is 4.79 Å². The van der Waals surface area contributed by atoms with Crippen molar-refractivity contribution in [2.75, 3.05) is 11.9 Å². The zero-order chi connectivity index (χ0) is 15.2. The van der Waals surface area contributed by atoms with Crippen LogP contribution >= 0.6 is 11.6 Å². The molecule has 2 rings (SSSR count). The minimum absolute atomic E-state index is 0.222. The minimum Gasteiger partial charge on any atom is -0.330 e. The molecule has 0 radical (unpaired) electrons. The van der Waals surface area contributed by atoms with Gasteiger partial charge >= 0.3 is 0 Å². The highest BCUT2D eigenvalue weighted by Gasteiger charge is 2.11. The van der Waals surface area contributed by atoms with E-state index in [1.807, 2.05) is 18.2 Å². The van der Waals surface area contributed by atoms with Crippen LogP contribution in [0.1, 0.15) is 21.5 Å². The third-order valence-corrected chi connectivity index (χ3v) is 3.34. The lowest BCUT2D eigenvalue weighted by atomic mass is 10.0. The third kappa shape index (κ3) is 3.60. The number of hydrogen-bond donors (Lipinski definition) is 2. The van der Waals surface area contributed by atoms with E-state index >= 15 is 0 Å².